The Morgan fingerprint density at radius 2 is 2.19 bits per heavy atom. The number of aromatic nitrogens is 1. The van der Waals surface area contributed by atoms with E-state index in [9.17, 15) is 14.9 Å². The van der Waals surface area contributed by atoms with E-state index in [4.69, 9.17) is 10.00 Å². The first kappa shape index (κ1) is 14.6. The van der Waals surface area contributed by atoms with Gasteiger partial charge >= 0.3 is 11.6 Å². The van der Waals surface area contributed by atoms with Crippen LogP contribution in [-0.2, 0) is 0 Å². The van der Waals surface area contributed by atoms with Gasteiger partial charge in [0.05, 0.1) is 4.92 Å². The highest BCUT2D eigenvalue weighted by Gasteiger charge is 2.23. The molecule has 0 amide bonds. The average Bonchev–Trinajstić information content (AvgIpc) is 2.48. The number of hydrogen-bond acceptors (Lipinski definition) is 6. The molecule has 0 atom stereocenters. The number of rotatable bonds is 4. The van der Waals surface area contributed by atoms with Crippen LogP contribution < -0.4 is 4.74 Å². The number of nitro groups is 1. The molecule has 2 aromatic rings. The van der Waals surface area contributed by atoms with E-state index < -0.39 is 10.6 Å². The molecule has 1 aromatic heterocycles. The third kappa shape index (κ3) is 3.04. The SMILES string of the molecule is N#Cc1ccnc(Oc2ccc(Br)c(C=O)c2)c1[N+](=O)[O-]. The lowest BCUT2D eigenvalue weighted by atomic mass is 10.2. The van der Waals surface area contributed by atoms with Crippen molar-refractivity contribution in [3.63, 3.8) is 0 Å². The van der Waals surface area contributed by atoms with Crippen molar-refractivity contribution >= 4 is 27.9 Å². The van der Waals surface area contributed by atoms with Crippen molar-refractivity contribution < 1.29 is 14.5 Å². The van der Waals surface area contributed by atoms with E-state index >= 15 is 0 Å². The van der Waals surface area contributed by atoms with Gasteiger partial charge in [-0.3, -0.25) is 14.9 Å². The third-order valence-electron chi connectivity index (χ3n) is 2.50. The van der Waals surface area contributed by atoms with Gasteiger partial charge in [-0.1, -0.05) is 15.9 Å². The second kappa shape index (κ2) is 6.11. The Balaban J connectivity index is 2.47. The quantitative estimate of drug-likeness (QED) is 0.477. The van der Waals surface area contributed by atoms with Gasteiger partial charge in [-0.05, 0) is 24.3 Å². The first-order valence-electron chi connectivity index (χ1n) is 5.53. The molecule has 0 radical (unpaired) electrons. The van der Waals surface area contributed by atoms with E-state index in [0.29, 0.717) is 16.3 Å². The molecule has 0 N–H and O–H groups in total. The van der Waals surface area contributed by atoms with E-state index in [-0.39, 0.29) is 17.2 Å². The van der Waals surface area contributed by atoms with Crippen molar-refractivity contribution in [2.45, 2.75) is 0 Å². The zero-order valence-electron chi connectivity index (χ0n) is 10.3. The lowest BCUT2D eigenvalue weighted by molar-refractivity contribution is -0.386. The molecule has 104 valence electrons. The van der Waals surface area contributed by atoms with Crippen molar-refractivity contribution in [1.82, 2.24) is 4.98 Å². The number of benzene rings is 1. The fourth-order valence-corrected chi connectivity index (χ4v) is 1.90. The molecule has 0 saturated heterocycles. The Kier molecular flexibility index (Phi) is 4.25. The van der Waals surface area contributed by atoms with Gasteiger partial charge in [-0.25, -0.2) is 4.98 Å². The number of carbonyl (C=O) groups excluding carboxylic acids is 1. The second-order valence-electron chi connectivity index (χ2n) is 3.78. The topological polar surface area (TPSA) is 106 Å². The number of aldehydes is 1. The van der Waals surface area contributed by atoms with Gasteiger partial charge in [-0.15, -0.1) is 0 Å². The van der Waals surface area contributed by atoms with Crippen molar-refractivity contribution in [1.29, 1.82) is 5.26 Å². The second-order valence-corrected chi connectivity index (χ2v) is 4.64. The predicted molar refractivity (Wildman–Crippen MR) is 75.2 cm³/mol. The third-order valence-corrected chi connectivity index (χ3v) is 3.22. The molecule has 1 heterocycles. The minimum Gasteiger partial charge on any atom is -0.434 e. The molecule has 7 nitrogen and oxygen atoms in total. The molecule has 0 aliphatic heterocycles. The summed E-state index contributed by atoms with van der Waals surface area (Å²) >= 11 is 3.18. The van der Waals surface area contributed by atoms with Crippen LogP contribution in [0.1, 0.15) is 15.9 Å². The zero-order valence-corrected chi connectivity index (χ0v) is 11.9. The zero-order chi connectivity index (χ0) is 15.4. The molecule has 2 rings (SSSR count). The van der Waals surface area contributed by atoms with Crippen molar-refractivity contribution in [3.8, 4) is 17.7 Å². The lowest BCUT2D eigenvalue weighted by Crippen LogP contribution is -1.99. The molecule has 0 unspecified atom stereocenters. The van der Waals surface area contributed by atoms with Crippen LogP contribution in [0.25, 0.3) is 0 Å². The number of ether oxygens (including phenoxy) is 1. The van der Waals surface area contributed by atoms with Gasteiger partial charge in [0.15, 0.2) is 6.29 Å². The average molecular weight is 348 g/mol. The lowest BCUT2D eigenvalue weighted by Gasteiger charge is -2.07. The first-order chi connectivity index (χ1) is 10.1. The summed E-state index contributed by atoms with van der Waals surface area (Å²) in [6, 6.07) is 7.42. The van der Waals surface area contributed by atoms with E-state index in [0.717, 1.165) is 0 Å². The van der Waals surface area contributed by atoms with Crippen LogP contribution >= 0.6 is 15.9 Å². The van der Waals surface area contributed by atoms with Crippen molar-refractivity contribution in [2.75, 3.05) is 0 Å². The number of hydrogen-bond donors (Lipinski definition) is 0. The summed E-state index contributed by atoms with van der Waals surface area (Å²) in [5, 5.41) is 19.9. The van der Waals surface area contributed by atoms with Gasteiger partial charge in [0.2, 0.25) is 0 Å². The van der Waals surface area contributed by atoms with Crippen LogP contribution in [0.2, 0.25) is 0 Å². The van der Waals surface area contributed by atoms with Gasteiger partial charge in [0.25, 0.3) is 0 Å². The molecule has 0 aliphatic rings. The van der Waals surface area contributed by atoms with Crippen LogP contribution in [-0.4, -0.2) is 16.2 Å². The molecule has 21 heavy (non-hydrogen) atoms. The van der Waals surface area contributed by atoms with E-state index in [2.05, 4.69) is 20.9 Å². The summed E-state index contributed by atoms with van der Waals surface area (Å²) in [4.78, 5) is 24.9. The Labute approximate surface area is 127 Å². The van der Waals surface area contributed by atoms with Gasteiger partial charge < -0.3 is 4.74 Å². The van der Waals surface area contributed by atoms with Crippen molar-refractivity contribution in [3.05, 3.63) is 56.2 Å². The molecule has 1 aromatic carbocycles. The number of pyridine rings is 1. The largest absolute Gasteiger partial charge is 0.434 e. The Morgan fingerprint density at radius 1 is 1.43 bits per heavy atom. The van der Waals surface area contributed by atoms with Gasteiger partial charge in [0.1, 0.15) is 17.4 Å². The minimum absolute atomic E-state index is 0.155. The smallest absolute Gasteiger partial charge is 0.348 e. The number of carbonyl (C=O) groups is 1. The van der Waals surface area contributed by atoms with Crippen LogP contribution in [0.3, 0.4) is 0 Å². The summed E-state index contributed by atoms with van der Waals surface area (Å²) in [6.45, 7) is 0. The van der Waals surface area contributed by atoms with E-state index in [1.165, 1.54) is 24.4 Å². The highest BCUT2D eigenvalue weighted by Crippen LogP contribution is 2.32. The highest BCUT2D eigenvalue weighted by molar-refractivity contribution is 9.10. The summed E-state index contributed by atoms with van der Waals surface area (Å²) in [5.41, 5.74) is -0.347. The van der Waals surface area contributed by atoms with Gasteiger partial charge in [-0.2, -0.15) is 5.26 Å². The molecule has 0 saturated carbocycles. The normalized spacial score (nSPS) is 9.71. The molecule has 0 fully saturated rings. The fraction of sp³-hybridized carbons (Fsp3) is 0. The summed E-state index contributed by atoms with van der Waals surface area (Å²) < 4.78 is 5.89. The number of nitrogens with zero attached hydrogens (tertiary/aromatic N) is 3. The predicted octanol–water partition coefficient (Wildman–Crippen LogP) is 3.23. The standard InChI is InChI=1S/C13H6BrN3O4/c14-11-2-1-10(5-9(11)7-18)21-13-12(17(19)20)8(6-15)3-4-16-13/h1-5,7H. The van der Waals surface area contributed by atoms with E-state index in [1.807, 2.05) is 0 Å². The Bertz CT molecular complexity index is 770. The van der Waals surface area contributed by atoms with Crippen molar-refractivity contribution in [2.24, 2.45) is 0 Å². The molecule has 8 heteroatoms. The van der Waals surface area contributed by atoms with Crippen LogP contribution in [0, 0.1) is 21.4 Å². The number of halogens is 1. The molecule has 0 bridgehead atoms. The molecule has 0 spiro atoms. The molecule has 0 aliphatic carbocycles. The first-order valence-corrected chi connectivity index (χ1v) is 6.32. The fourth-order valence-electron chi connectivity index (χ4n) is 1.56. The maximum atomic E-state index is 11.0. The maximum absolute atomic E-state index is 11.0. The number of nitriles is 1. The minimum atomic E-state index is -0.736. The van der Waals surface area contributed by atoms with Crippen LogP contribution in [0.5, 0.6) is 11.6 Å². The summed E-state index contributed by atoms with van der Waals surface area (Å²) in [5.74, 6) is -0.107. The molecular formula is C13H6BrN3O4. The van der Waals surface area contributed by atoms with E-state index in [1.54, 1.807) is 12.1 Å². The summed E-state index contributed by atoms with van der Waals surface area (Å²) in [6.07, 6.45) is 1.85. The summed E-state index contributed by atoms with van der Waals surface area (Å²) in [7, 11) is 0. The Morgan fingerprint density at radius 3 is 2.81 bits per heavy atom. The van der Waals surface area contributed by atoms with Crippen LogP contribution in [0.4, 0.5) is 5.69 Å². The monoisotopic (exact) mass is 347 g/mol. The van der Waals surface area contributed by atoms with Crippen LogP contribution in [0.15, 0.2) is 34.9 Å². The maximum Gasteiger partial charge on any atom is 0.348 e. The molecular weight excluding hydrogens is 342 g/mol. The highest BCUT2D eigenvalue weighted by atomic mass is 79.9. The van der Waals surface area contributed by atoms with Gasteiger partial charge in [0, 0.05) is 16.2 Å². The Hall–Kier alpha value is -2.79.